The van der Waals surface area contributed by atoms with Crippen LogP contribution in [0.5, 0.6) is 0 Å². The average Bonchev–Trinajstić information content (AvgIpc) is 2.91. The van der Waals surface area contributed by atoms with Crippen LogP contribution in [0, 0.1) is 10.1 Å². The highest BCUT2D eigenvalue weighted by molar-refractivity contribution is 5.78. The summed E-state index contributed by atoms with van der Waals surface area (Å²) in [6.45, 7) is 1.92. The van der Waals surface area contributed by atoms with Crippen molar-refractivity contribution in [3.05, 3.63) is 34.5 Å². The standard InChI is InChI=1S/C12H13N5O2/c18-17(19)9-1-2-10-11(5-9)14-7-12(16-10)15-8-3-4-13-6-8/h1-2,5,7-8,13H,3-4,6H2,(H,15,16)/t8-/m0/s1. The van der Waals surface area contributed by atoms with Crippen LogP contribution >= 0.6 is 0 Å². The van der Waals surface area contributed by atoms with Crippen molar-refractivity contribution in [3.8, 4) is 0 Å². The summed E-state index contributed by atoms with van der Waals surface area (Å²) in [5.74, 6) is 0.704. The lowest BCUT2D eigenvalue weighted by Gasteiger charge is -2.11. The monoisotopic (exact) mass is 259 g/mol. The van der Waals surface area contributed by atoms with Gasteiger partial charge in [0.15, 0.2) is 0 Å². The van der Waals surface area contributed by atoms with Crippen LogP contribution < -0.4 is 10.6 Å². The summed E-state index contributed by atoms with van der Waals surface area (Å²) in [5, 5.41) is 17.2. The Bertz CT molecular complexity index is 625. The van der Waals surface area contributed by atoms with E-state index in [0.717, 1.165) is 19.5 Å². The van der Waals surface area contributed by atoms with Crippen molar-refractivity contribution in [2.45, 2.75) is 12.5 Å². The third kappa shape index (κ3) is 2.45. The molecular formula is C12H13N5O2. The van der Waals surface area contributed by atoms with Gasteiger partial charge in [0, 0.05) is 24.7 Å². The van der Waals surface area contributed by atoms with Crippen molar-refractivity contribution in [1.82, 2.24) is 15.3 Å². The minimum Gasteiger partial charge on any atom is -0.365 e. The Morgan fingerprint density at radius 1 is 1.42 bits per heavy atom. The lowest BCUT2D eigenvalue weighted by Crippen LogP contribution is -2.22. The molecule has 1 aromatic carbocycles. The summed E-state index contributed by atoms with van der Waals surface area (Å²) in [4.78, 5) is 18.9. The fraction of sp³-hybridized carbons (Fsp3) is 0.333. The van der Waals surface area contributed by atoms with Gasteiger partial charge in [-0.2, -0.15) is 0 Å². The Morgan fingerprint density at radius 3 is 3.05 bits per heavy atom. The van der Waals surface area contributed by atoms with E-state index in [0.29, 0.717) is 22.9 Å². The SMILES string of the molecule is O=[N+]([O-])c1ccc2nc(N[C@H]3CCNC3)cnc2c1. The minimum atomic E-state index is -0.433. The summed E-state index contributed by atoms with van der Waals surface area (Å²) in [5.41, 5.74) is 1.22. The number of hydrogen-bond donors (Lipinski definition) is 2. The van der Waals surface area contributed by atoms with Gasteiger partial charge in [-0.1, -0.05) is 0 Å². The highest BCUT2D eigenvalue weighted by Crippen LogP contribution is 2.19. The molecule has 0 unspecified atom stereocenters. The number of anilines is 1. The van der Waals surface area contributed by atoms with E-state index in [1.807, 2.05) is 0 Å². The van der Waals surface area contributed by atoms with E-state index in [2.05, 4.69) is 20.6 Å². The molecule has 2 aromatic rings. The lowest BCUT2D eigenvalue weighted by atomic mass is 10.2. The number of nitrogens with zero attached hydrogens (tertiary/aromatic N) is 3. The Morgan fingerprint density at radius 2 is 2.32 bits per heavy atom. The predicted octanol–water partition coefficient (Wildman–Crippen LogP) is 1.31. The lowest BCUT2D eigenvalue weighted by molar-refractivity contribution is -0.384. The van der Waals surface area contributed by atoms with Crippen molar-refractivity contribution < 1.29 is 4.92 Å². The summed E-state index contributed by atoms with van der Waals surface area (Å²) < 4.78 is 0. The number of fused-ring (bicyclic) bond motifs is 1. The molecule has 1 saturated heterocycles. The van der Waals surface area contributed by atoms with Crippen LogP contribution in [0.3, 0.4) is 0 Å². The van der Waals surface area contributed by atoms with Crippen LogP contribution in [0.4, 0.5) is 11.5 Å². The van der Waals surface area contributed by atoms with Gasteiger partial charge in [0.1, 0.15) is 5.82 Å². The fourth-order valence-electron chi connectivity index (χ4n) is 2.17. The van der Waals surface area contributed by atoms with Gasteiger partial charge in [0.2, 0.25) is 0 Å². The van der Waals surface area contributed by atoms with E-state index in [1.54, 1.807) is 12.3 Å². The molecule has 1 fully saturated rings. The molecule has 0 aliphatic carbocycles. The highest BCUT2D eigenvalue weighted by Gasteiger charge is 2.15. The molecule has 7 nitrogen and oxygen atoms in total. The molecule has 1 aliphatic rings. The zero-order valence-electron chi connectivity index (χ0n) is 10.2. The maximum atomic E-state index is 10.7. The molecule has 0 amide bonds. The van der Waals surface area contributed by atoms with Crippen molar-refractivity contribution in [2.75, 3.05) is 18.4 Å². The number of nitro benzene ring substituents is 1. The zero-order valence-corrected chi connectivity index (χ0v) is 10.2. The predicted molar refractivity (Wildman–Crippen MR) is 71.1 cm³/mol. The van der Waals surface area contributed by atoms with E-state index < -0.39 is 4.92 Å². The second-order valence-corrected chi connectivity index (χ2v) is 4.52. The van der Waals surface area contributed by atoms with Gasteiger partial charge in [-0.3, -0.25) is 15.1 Å². The van der Waals surface area contributed by atoms with Gasteiger partial charge in [-0.15, -0.1) is 0 Å². The molecular weight excluding hydrogens is 246 g/mol. The Labute approximate surface area is 109 Å². The number of non-ortho nitro benzene ring substituents is 1. The quantitative estimate of drug-likeness (QED) is 0.637. The first-order chi connectivity index (χ1) is 9.22. The Kier molecular flexibility index (Phi) is 2.96. The summed E-state index contributed by atoms with van der Waals surface area (Å²) >= 11 is 0. The first-order valence-electron chi connectivity index (χ1n) is 6.11. The number of aromatic nitrogens is 2. The molecule has 2 heterocycles. The van der Waals surface area contributed by atoms with Crippen molar-refractivity contribution in [3.63, 3.8) is 0 Å². The van der Waals surface area contributed by atoms with Gasteiger partial charge in [0.05, 0.1) is 22.2 Å². The van der Waals surface area contributed by atoms with Gasteiger partial charge in [0.25, 0.3) is 5.69 Å². The van der Waals surface area contributed by atoms with Crippen LogP contribution in [0.2, 0.25) is 0 Å². The molecule has 0 spiro atoms. The Balaban J connectivity index is 1.88. The van der Waals surface area contributed by atoms with E-state index in [-0.39, 0.29) is 5.69 Å². The molecule has 19 heavy (non-hydrogen) atoms. The van der Waals surface area contributed by atoms with Crippen LogP contribution in [0.25, 0.3) is 11.0 Å². The third-order valence-corrected chi connectivity index (χ3v) is 3.15. The molecule has 1 aromatic heterocycles. The number of hydrogen-bond acceptors (Lipinski definition) is 6. The third-order valence-electron chi connectivity index (χ3n) is 3.15. The maximum absolute atomic E-state index is 10.7. The van der Waals surface area contributed by atoms with Gasteiger partial charge >= 0.3 is 0 Å². The fourth-order valence-corrected chi connectivity index (χ4v) is 2.17. The smallest absolute Gasteiger partial charge is 0.271 e. The van der Waals surface area contributed by atoms with Crippen LogP contribution in [-0.4, -0.2) is 34.0 Å². The number of nitro groups is 1. The number of nitrogens with one attached hydrogen (secondary N) is 2. The van der Waals surface area contributed by atoms with Gasteiger partial charge < -0.3 is 10.6 Å². The van der Waals surface area contributed by atoms with E-state index in [9.17, 15) is 10.1 Å². The molecule has 2 N–H and O–H groups in total. The first-order valence-corrected chi connectivity index (χ1v) is 6.11. The second kappa shape index (κ2) is 4.77. The summed E-state index contributed by atoms with van der Waals surface area (Å²) in [6, 6.07) is 4.87. The summed E-state index contributed by atoms with van der Waals surface area (Å²) in [7, 11) is 0. The van der Waals surface area contributed by atoms with Crippen molar-refractivity contribution >= 4 is 22.5 Å². The van der Waals surface area contributed by atoms with E-state index in [4.69, 9.17) is 0 Å². The van der Waals surface area contributed by atoms with Crippen molar-refractivity contribution in [2.24, 2.45) is 0 Å². The normalized spacial score (nSPS) is 18.6. The van der Waals surface area contributed by atoms with Crippen LogP contribution in [0.15, 0.2) is 24.4 Å². The highest BCUT2D eigenvalue weighted by atomic mass is 16.6. The second-order valence-electron chi connectivity index (χ2n) is 4.52. The largest absolute Gasteiger partial charge is 0.365 e. The minimum absolute atomic E-state index is 0.0301. The molecule has 1 atom stereocenters. The molecule has 3 rings (SSSR count). The molecule has 98 valence electrons. The van der Waals surface area contributed by atoms with Gasteiger partial charge in [-0.05, 0) is 19.0 Å². The molecule has 0 bridgehead atoms. The first kappa shape index (κ1) is 11.8. The van der Waals surface area contributed by atoms with E-state index in [1.165, 1.54) is 12.1 Å². The molecule has 0 radical (unpaired) electrons. The number of rotatable bonds is 3. The number of benzene rings is 1. The zero-order chi connectivity index (χ0) is 13.2. The molecule has 1 aliphatic heterocycles. The van der Waals surface area contributed by atoms with Gasteiger partial charge in [-0.25, -0.2) is 4.98 Å². The van der Waals surface area contributed by atoms with Crippen molar-refractivity contribution in [1.29, 1.82) is 0 Å². The molecule has 0 saturated carbocycles. The molecule has 7 heteroatoms. The summed E-state index contributed by atoms with van der Waals surface area (Å²) in [6.07, 6.45) is 2.67. The maximum Gasteiger partial charge on any atom is 0.271 e. The van der Waals surface area contributed by atoms with Crippen LogP contribution in [0.1, 0.15) is 6.42 Å². The van der Waals surface area contributed by atoms with E-state index >= 15 is 0 Å². The Hall–Kier alpha value is -2.28. The van der Waals surface area contributed by atoms with Crippen LogP contribution in [-0.2, 0) is 0 Å². The average molecular weight is 259 g/mol. The topological polar surface area (TPSA) is 93.0 Å².